The van der Waals surface area contributed by atoms with Crippen molar-refractivity contribution in [2.24, 2.45) is 0 Å². The lowest BCUT2D eigenvalue weighted by Crippen LogP contribution is -2.30. The van der Waals surface area contributed by atoms with Crippen LogP contribution < -0.4 is 4.74 Å². The lowest BCUT2D eigenvalue weighted by molar-refractivity contribution is 0.0726. The molecule has 0 saturated carbocycles. The van der Waals surface area contributed by atoms with Crippen LogP contribution in [0.3, 0.4) is 0 Å². The molecule has 1 amide bonds. The van der Waals surface area contributed by atoms with Crippen LogP contribution in [0.5, 0.6) is 5.75 Å². The normalized spacial score (nSPS) is 10.2. The maximum atomic E-state index is 12.9. The van der Waals surface area contributed by atoms with E-state index >= 15 is 0 Å². The first-order valence-corrected chi connectivity index (χ1v) is 8.95. The average Bonchev–Trinajstić information content (AvgIpc) is 3.22. The molecule has 0 aliphatic rings. The summed E-state index contributed by atoms with van der Waals surface area (Å²) in [7, 11) is 0. The number of hydrogen-bond acceptors (Lipinski definition) is 4. The molecule has 146 valence electrons. The number of hydrogen-bond donors (Lipinski definition) is 0. The average molecular weight is 390 g/mol. The first kappa shape index (κ1) is 19.9. The number of furan rings is 1. The molecule has 0 N–H and O–H groups in total. The minimum Gasteiger partial charge on any atom is -0.486 e. The molecule has 0 fully saturated rings. The van der Waals surface area contributed by atoms with E-state index in [0.717, 1.165) is 5.56 Å². The van der Waals surface area contributed by atoms with Gasteiger partial charge >= 0.3 is 0 Å². The third-order valence-electron chi connectivity index (χ3n) is 4.16. The fourth-order valence-corrected chi connectivity index (χ4v) is 2.69. The van der Waals surface area contributed by atoms with Gasteiger partial charge in [-0.1, -0.05) is 18.2 Å². The van der Waals surface area contributed by atoms with Crippen LogP contribution in [0, 0.1) is 17.1 Å². The molecule has 1 aromatic heterocycles. The Morgan fingerprint density at radius 3 is 2.52 bits per heavy atom. The molecule has 29 heavy (non-hydrogen) atoms. The molecule has 0 bridgehead atoms. The maximum absolute atomic E-state index is 12.9. The zero-order valence-corrected chi connectivity index (χ0v) is 15.7. The quantitative estimate of drug-likeness (QED) is 0.523. The van der Waals surface area contributed by atoms with E-state index in [0.29, 0.717) is 30.2 Å². The molecule has 0 unspecified atom stereocenters. The summed E-state index contributed by atoms with van der Waals surface area (Å²) in [5.74, 6) is 0.563. The number of benzene rings is 2. The number of nitrogens with zero attached hydrogens (tertiary/aromatic N) is 2. The summed E-state index contributed by atoms with van der Waals surface area (Å²) < 4.78 is 24.1. The minimum atomic E-state index is -0.340. The number of halogens is 1. The highest BCUT2D eigenvalue weighted by Gasteiger charge is 2.19. The van der Waals surface area contributed by atoms with Crippen molar-refractivity contribution in [3.8, 4) is 11.8 Å². The summed E-state index contributed by atoms with van der Waals surface area (Å²) in [6, 6.07) is 18.0. The van der Waals surface area contributed by atoms with Gasteiger partial charge in [-0.2, -0.15) is 5.26 Å². The standard InChI is InChI=1S/C23H19FN2O3/c1-2-13-26(15-18-5-3-17(14-25)4-6-18)23(27)22-12-11-21(29-22)16-28-20-9-7-19(24)8-10-20/h2-12H,1,13,15-16H2. The molecular weight excluding hydrogens is 371 g/mol. The number of amides is 1. The van der Waals surface area contributed by atoms with Gasteiger partial charge in [0.25, 0.3) is 5.91 Å². The van der Waals surface area contributed by atoms with Gasteiger partial charge < -0.3 is 14.1 Å². The van der Waals surface area contributed by atoms with Crippen LogP contribution in [0.25, 0.3) is 0 Å². The van der Waals surface area contributed by atoms with Crippen molar-refractivity contribution in [1.82, 2.24) is 4.90 Å². The summed E-state index contributed by atoms with van der Waals surface area (Å²) in [6.45, 7) is 4.53. The van der Waals surface area contributed by atoms with E-state index in [2.05, 4.69) is 12.6 Å². The Balaban J connectivity index is 1.65. The number of rotatable bonds is 8. The van der Waals surface area contributed by atoms with Crippen molar-refractivity contribution < 1.29 is 18.3 Å². The topological polar surface area (TPSA) is 66.5 Å². The smallest absolute Gasteiger partial charge is 0.290 e. The van der Waals surface area contributed by atoms with Crippen LogP contribution in [0.2, 0.25) is 0 Å². The molecule has 3 aromatic rings. The van der Waals surface area contributed by atoms with Crippen LogP contribution in [0.1, 0.15) is 27.4 Å². The summed E-state index contributed by atoms with van der Waals surface area (Å²) >= 11 is 0. The predicted octanol–water partition coefficient (Wildman–Crippen LogP) is 4.70. The maximum Gasteiger partial charge on any atom is 0.290 e. The summed E-state index contributed by atoms with van der Waals surface area (Å²) in [4.78, 5) is 14.4. The number of carbonyl (C=O) groups is 1. The number of nitriles is 1. The Kier molecular flexibility index (Phi) is 6.43. The fraction of sp³-hybridized carbons (Fsp3) is 0.130. The van der Waals surface area contributed by atoms with Crippen LogP contribution in [-0.2, 0) is 13.2 Å². The summed E-state index contributed by atoms with van der Waals surface area (Å²) in [5.41, 5.74) is 1.46. The molecule has 6 heteroatoms. The molecular formula is C23H19FN2O3. The zero-order chi connectivity index (χ0) is 20.6. The van der Waals surface area contributed by atoms with Crippen molar-refractivity contribution >= 4 is 5.91 Å². The van der Waals surface area contributed by atoms with Crippen molar-refractivity contribution in [2.45, 2.75) is 13.2 Å². The van der Waals surface area contributed by atoms with Crippen molar-refractivity contribution in [2.75, 3.05) is 6.54 Å². The molecule has 0 aliphatic heterocycles. The number of carbonyl (C=O) groups excluding carboxylic acids is 1. The van der Waals surface area contributed by atoms with E-state index in [1.54, 1.807) is 35.2 Å². The van der Waals surface area contributed by atoms with Gasteiger partial charge in [0.1, 0.15) is 23.9 Å². The molecule has 2 aromatic carbocycles. The fourth-order valence-electron chi connectivity index (χ4n) is 2.69. The molecule has 0 spiro atoms. The summed E-state index contributed by atoms with van der Waals surface area (Å²) in [6.07, 6.45) is 1.64. The van der Waals surface area contributed by atoms with Gasteiger partial charge in [0, 0.05) is 13.1 Å². The third-order valence-corrected chi connectivity index (χ3v) is 4.16. The minimum absolute atomic E-state index is 0.121. The van der Waals surface area contributed by atoms with Gasteiger partial charge in [-0.3, -0.25) is 4.79 Å². The van der Waals surface area contributed by atoms with Gasteiger partial charge in [0.05, 0.1) is 11.6 Å². The Hall–Kier alpha value is -3.85. The second kappa shape index (κ2) is 9.38. The Morgan fingerprint density at radius 2 is 1.86 bits per heavy atom. The molecule has 0 aliphatic carbocycles. The molecule has 3 rings (SSSR count). The summed E-state index contributed by atoms with van der Waals surface area (Å²) in [5, 5.41) is 8.90. The largest absolute Gasteiger partial charge is 0.486 e. The van der Waals surface area contributed by atoms with E-state index in [-0.39, 0.29) is 24.1 Å². The van der Waals surface area contributed by atoms with Crippen LogP contribution in [-0.4, -0.2) is 17.4 Å². The van der Waals surface area contributed by atoms with Crippen molar-refractivity contribution in [1.29, 1.82) is 5.26 Å². The van der Waals surface area contributed by atoms with Crippen LogP contribution in [0.15, 0.2) is 77.7 Å². The van der Waals surface area contributed by atoms with E-state index in [1.807, 2.05) is 12.1 Å². The Morgan fingerprint density at radius 1 is 1.14 bits per heavy atom. The van der Waals surface area contributed by atoms with Crippen LogP contribution >= 0.6 is 0 Å². The second-order valence-corrected chi connectivity index (χ2v) is 6.29. The van der Waals surface area contributed by atoms with E-state index < -0.39 is 0 Å². The highest BCUT2D eigenvalue weighted by Crippen LogP contribution is 2.17. The zero-order valence-electron chi connectivity index (χ0n) is 15.7. The SMILES string of the molecule is C=CCN(Cc1ccc(C#N)cc1)C(=O)c1ccc(COc2ccc(F)cc2)o1. The van der Waals surface area contributed by atoms with Gasteiger partial charge in [0.2, 0.25) is 0 Å². The highest BCUT2D eigenvalue weighted by atomic mass is 19.1. The van der Waals surface area contributed by atoms with Gasteiger partial charge in [0.15, 0.2) is 5.76 Å². The van der Waals surface area contributed by atoms with Gasteiger partial charge in [-0.15, -0.1) is 6.58 Å². The number of ether oxygens (including phenoxy) is 1. The van der Waals surface area contributed by atoms with Gasteiger partial charge in [-0.25, -0.2) is 4.39 Å². The lowest BCUT2D eigenvalue weighted by atomic mass is 10.1. The first-order valence-electron chi connectivity index (χ1n) is 8.95. The Bertz CT molecular complexity index is 1020. The highest BCUT2D eigenvalue weighted by molar-refractivity contribution is 5.91. The van der Waals surface area contributed by atoms with E-state index in [9.17, 15) is 9.18 Å². The Labute approximate surface area is 168 Å². The third kappa shape index (κ3) is 5.33. The van der Waals surface area contributed by atoms with E-state index in [1.165, 1.54) is 24.3 Å². The first-order chi connectivity index (χ1) is 14.1. The lowest BCUT2D eigenvalue weighted by Gasteiger charge is -2.20. The molecule has 1 heterocycles. The van der Waals surface area contributed by atoms with E-state index in [4.69, 9.17) is 14.4 Å². The van der Waals surface area contributed by atoms with Crippen molar-refractivity contribution in [3.63, 3.8) is 0 Å². The van der Waals surface area contributed by atoms with Crippen LogP contribution in [0.4, 0.5) is 4.39 Å². The molecule has 0 atom stereocenters. The second-order valence-electron chi connectivity index (χ2n) is 6.29. The van der Waals surface area contributed by atoms with Gasteiger partial charge in [-0.05, 0) is 54.1 Å². The predicted molar refractivity (Wildman–Crippen MR) is 106 cm³/mol. The molecule has 0 saturated heterocycles. The van der Waals surface area contributed by atoms with Crippen molar-refractivity contribution in [3.05, 3.63) is 102 Å². The monoisotopic (exact) mass is 390 g/mol. The molecule has 0 radical (unpaired) electrons. The molecule has 5 nitrogen and oxygen atoms in total.